The zero-order valence-corrected chi connectivity index (χ0v) is 29.0. The number of rotatable bonds is 11. The third-order valence-corrected chi connectivity index (χ3v) is 8.63. The highest BCUT2D eigenvalue weighted by atomic mass is 19.4. The van der Waals surface area contributed by atoms with Gasteiger partial charge in [0.15, 0.2) is 11.5 Å². The van der Waals surface area contributed by atoms with E-state index in [9.17, 15) is 22.4 Å². The Balaban J connectivity index is 1.18. The van der Waals surface area contributed by atoms with Crippen LogP contribution in [0, 0.1) is 12.7 Å². The smallest absolute Gasteiger partial charge is 0.416 e. The van der Waals surface area contributed by atoms with E-state index < -0.39 is 29.0 Å². The maximum Gasteiger partial charge on any atom is 0.416 e. The Labute approximate surface area is 305 Å². The molecule has 0 bridgehead atoms. The number of imidazole rings is 1. The lowest BCUT2D eigenvalue weighted by Gasteiger charge is -2.24. The number of carbonyl (C=O) groups is 1. The number of methoxy groups -OCH3 is 2. The molecule has 1 amide bonds. The molecule has 0 aliphatic rings. The number of benzene rings is 3. The summed E-state index contributed by atoms with van der Waals surface area (Å²) in [6.07, 6.45) is 3.03. The molecule has 0 fully saturated rings. The number of aryl methyl sites for hydroxylation is 1. The molecule has 16 heteroatoms. The van der Waals surface area contributed by atoms with Gasteiger partial charge in [-0.1, -0.05) is 24.3 Å². The lowest BCUT2D eigenvalue weighted by Crippen LogP contribution is -2.24. The Bertz CT molecular complexity index is 2400. The predicted octanol–water partition coefficient (Wildman–Crippen LogP) is 7.31. The van der Waals surface area contributed by atoms with E-state index in [0.29, 0.717) is 65.4 Å². The van der Waals surface area contributed by atoms with Gasteiger partial charge in [0, 0.05) is 24.8 Å². The van der Waals surface area contributed by atoms with E-state index in [1.165, 1.54) is 23.3 Å². The van der Waals surface area contributed by atoms with Crippen LogP contribution >= 0.6 is 0 Å². The number of fused-ring (bicyclic) bond motifs is 1. The number of nitrogens with zero attached hydrogens (tertiary/aromatic N) is 8. The van der Waals surface area contributed by atoms with Crippen molar-refractivity contribution in [1.29, 1.82) is 0 Å². The van der Waals surface area contributed by atoms with Crippen molar-refractivity contribution < 1.29 is 31.8 Å². The van der Waals surface area contributed by atoms with E-state index in [-0.39, 0.29) is 5.69 Å². The number of nitrogens with one attached hydrogen (secondary N) is 1. The van der Waals surface area contributed by atoms with Crippen LogP contribution in [0.15, 0.2) is 104 Å². The van der Waals surface area contributed by atoms with Crippen molar-refractivity contribution in [3.8, 4) is 28.4 Å². The molecule has 0 saturated carbocycles. The van der Waals surface area contributed by atoms with E-state index in [1.54, 1.807) is 44.2 Å². The molecule has 7 rings (SSSR count). The fourth-order valence-corrected chi connectivity index (χ4v) is 5.82. The van der Waals surface area contributed by atoms with Gasteiger partial charge in [0.1, 0.15) is 23.6 Å². The highest BCUT2D eigenvalue weighted by Gasteiger charge is 2.32. The SMILES string of the molecule is COc1ccc(CN(Cc2ccc(OC)cc2)c2ncnn3c(-c4cnn(-c5cc(NC(=O)c6cc(C(F)(F)F)ccc6F)cnc5C)c4)cnc23)cc1. The van der Waals surface area contributed by atoms with Gasteiger partial charge in [-0.25, -0.2) is 23.6 Å². The molecule has 4 aromatic heterocycles. The van der Waals surface area contributed by atoms with Crippen molar-refractivity contribution in [1.82, 2.24) is 34.3 Å². The Kier molecular flexibility index (Phi) is 9.65. The Hall–Kier alpha value is -6.84. The maximum absolute atomic E-state index is 14.4. The molecule has 7 aromatic rings. The minimum absolute atomic E-state index is 0.121. The van der Waals surface area contributed by atoms with Gasteiger partial charge >= 0.3 is 6.18 Å². The number of alkyl halides is 3. The third kappa shape index (κ3) is 7.39. The number of ether oxygens (including phenoxy) is 2. The molecular weight excluding hydrogens is 706 g/mol. The van der Waals surface area contributed by atoms with Crippen molar-refractivity contribution in [2.45, 2.75) is 26.2 Å². The van der Waals surface area contributed by atoms with Gasteiger partial charge in [0.25, 0.3) is 5.91 Å². The molecule has 4 heterocycles. The Morgan fingerprint density at radius 2 is 1.50 bits per heavy atom. The molecule has 3 aromatic carbocycles. The van der Waals surface area contributed by atoms with Gasteiger partial charge in [-0.05, 0) is 66.6 Å². The lowest BCUT2D eigenvalue weighted by atomic mass is 10.1. The minimum Gasteiger partial charge on any atom is -0.497 e. The molecular formula is C38H31F4N9O3. The van der Waals surface area contributed by atoms with Crippen LogP contribution in [0.4, 0.5) is 29.1 Å². The van der Waals surface area contributed by atoms with Crippen molar-refractivity contribution in [3.05, 3.63) is 138 Å². The Morgan fingerprint density at radius 1 is 0.833 bits per heavy atom. The summed E-state index contributed by atoms with van der Waals surface area (Å²) in [5, 5.41) is 11.4. The topological polar surface area (TPSA) is 125 Å². The molecule has 1 N–H and O–H groups in total. The van der Waals surface area contributed by atoms with Crippen molar-refractivity contribution in [2.24, 2.45) is 0 Å². The van der Waals surface area contributed by atoms with Crippen LogP contribution in [0.2, 0.25) is 0 Å². The van der Waals surface area contributed by atoms with E-state index >= 15 is 0 Å². The summed E-state index contributed by atoms with van der Waals surface area (Å²) in [6, 6.07) is 18.8. The maximum atomic E-state index is 14.4. The molecule has 0 radical (unpaired) electrons. The quantitative estimate of drug-likeness (QED) is 0.136. The summed E-state index contributed by atoms with van der Waals surface area (Å²) in [5.41, 5.74) is 3.02. The largest absolute Gasteiger partial charge is 0.497 e. The molecule has 0 aliphatic heterocycles. The minimum atomic E-state index is -4.75. The second-order valence-electron chi connectivity index (χ2n) is 12.2. The van der Waals surface area contributed by atoms with Crippen LogP contribution in [0.3, 0.4) is 0 Å². The molecule has 12 nitrogen and oxygen atoms in total. The second kappa shape index (κ2) is 14.7. The number of amides is 1. The van der Waals surface area contributed by atoms with Gasteiger partial charge in [0.2, 0.25) is 0 Å². The fraction of sp³-hybridized carbons (Fsp3) is 0.158. The van der Waals surface area contributed by atoms with Crippen LogP contribution in [0.5, 0.6) is 11.5 Å². The first-order valence-corrected chi connectivity index (χ1v) is 16.4. The zero-order chi connectivity index (χ0) is 38.0. The number of aromatic nitrogens is 7. The first kappa shape index (κ1) is 35.6. The monoisotopic (exact) mass is 737 g/mol. The second-order valence-corrected chi connectivity index (χ2v) is 12.2. The van der Waals surface area contributed by atoms with Crippen LogP contribution in [-0.2, 0) is 19.3 Å². The highest BCUT2D eigenvalue weighted by molar-refractivity contribution is 6.04. The molecule has 0 atom stereocenters. The first-order chi connectivity index (χ1) is 26.0. The fourth-order valence-electron chi connectivity index (χ4n) is 5.82. The number of halogens is 4. The summed E-state index contributed by atoms with van der Waals surface area (Å²) < 4.78 is 68.0. The van der Waals surface area contributed by atoms with Crippen LogP contribution in [0.1, 0.15) is 32.7 Å². The summed E-state index contributed by atoms with van der Waals surface area (Å²) in [5.74, 6) is -0.0729. The summed E-state index contributed by atoms with van der Waals surface area (Å²) in [7, 11) is 3.24. The first-order valence-electron chi connectivity index (χ1n) is 16.4. The van der Waals surface area contributed by atoms with Crippen LogP contribution in [-0.4, -0.2) is 54.5 Å². The molecule has 274 valence electrons. The number of anilines is 2. The molecule has 0 saturated heterocycles. The van der Waals surface area contributed by atoms with E-state index in [2.05, 4.69) is 30.4 Å². The average Bonchev–Trinajstić information content (AvgIpc) is 3.83. The van der Waals surface area contributed by atoms with Gasteiger partial charge in [-0.2, -0.15) is 23.4 Å². The molecule has 0 unspecified atom stereocenters. The van der Waals surface area contributed by atoms with Crippen molar-refractivity contribution >= 4 is 23.1 Å². The van der Waals surface area contributed by atoms with Crippen molar-refractivity contribution in [2.75, 3.05) is 24.4 Å². The summed E-state index contributed by atoms with van der Waals surface area (Å²) in [4.78, 5) is 28.6. The van der Waals surface area contributed by atoms with E-state index in [4.69, 9.17) is 14.5 Å². The third-order valence-electron chi connectivity index (χ3n) is 8.63. The number of hydrogen-bond donors (Lipinski definition) is 1. The highest BCUT2D eigenvalue weighted by Crippen LogP contribution is 2.31. The van der Waals surface area contributed by atoms with Gasteiger partial charge in [-0.3, -0.25) is 9.78 Å². The van der Waals surface area contributed by atoms with Crippen LogP contribution in [0.25, 0.3) is 22.6 Å². The molecule has 0 aliphatic carbocycles. The summed E-state index contributed by atoms with van der Waals surface area (Å²) in [6.45, 7) is 2.73. The molecule has 54 heavy (non-hydrogen) atoms. The van der Waals surface area contributed by atoms with Crippen LogP contribution < -0.4 is 19.7 Å². The number of pyridine rings is 1. The Morgan fingerprint density at radius 3 is 2.13 bits per heavy atom. The zero-order valence-electron chi connectivity index (χ0n) is 29.0. The lowest BCUT2D eigenvalue weighted by molar-refractivity contribution is -0.137. The van der Waals surface area contributed by atoms with E-state index in [1.807, 2.05) is 48.5 Å². The van der Waals surface area contributed by atoms with Gasteiger partial charge < -0.3 is 19.7 Å². The van der Waals surface area contributed by atoms with Crippen molar-refractivity contribution in [3.63, 3.8) is 0 Å². The average molecular weight is 738 g/mol. The molecule has 0 spiro atoms. The van der Waals surface area contributed by atoms with E-state index in [0.717, 1.165) is 22.6 Å². The van der Waals surface area contributed by atoms with Gasteiger partial charge in [0.05, 0.1) is 66.7 Å². The normalized spacial score (nSPS) is 11.5. The van der Waals surface area contributed by atoms with Gasteiger partial charge in [-0.15, -0.1) is 0 Å². The number of hydrogen-bond acceptors (Lipinski definition) is 9. The summed E-state index contributed by atoms with van der Waals surface area (Å²) >= 11 is 0. The number of carbonyl (C=O) groups excluding carboxylic acids is 1. The standard InChI is InChI=1S/C38H31F4N9O3/c1-23-33(15-28(17-43-23)48-37(52)31-14-27(38(40,41)42)8-13-32(31)39)50-21-26(16-46-50)34-18-44-36-35(45-22-47-51(34)36)49(19-24-4-9-29(53-2)10-5-24)20-25-6-11-30(54-3)12-7-25/h4-18,21-22H,19-20H2,1-3H3,(H,48,52). The predicted molar refractivity (Wildman–Crippen MR) is 191 cm³/mol.